The van der Waals surface area contributed by atoms with Crippen molar-refractivity contribution in [2.24, 2.45) is 0 Å². The van der Waals surface area contributed by atoms with Gasteiger partial charge in [0.25, 0.3) is 0 Å². The standard InChI is InChI=1S/C28H15Cl2N5OS/c29-17-10-11-19(21(30)14-17)24-12-13-25(36-24)23-15-20(18-8-4-5-9-22(18)31-23)27-34-35-26(32-33-28(35)37-27)16-6-2-1-3-7-16/h1-15H. The van der Waals surface area contributed by atoms with Gasteiger partial charge in [-0.2, -0.15) is 9.61 Å². The number of para-hydroxylation sites is 1. The van der Waals surface area contributed by atoms with Crippen LogP contribution in [0, 0.1) is 0 Å². The predicted octanol–water partition coefficient (Wildman–Crippen LogP) is 8.30. The highest BCUT2D eigenvalue weighted by Crippen LogP contribution is 2.38. The summed E-state index contributed by atoms with van der Waals surface area (Å²) in [7, 11) is 0. The summed E-state index contributed by atoms with van der Waals surface area (Å²) in [5.41, 5.74) is 4.19. The van der Waals surface area contributed by atoms with Gasteiger partial charge in [-0.1, -0.05) is 83.1 Å². The molecule has 178 valence electrons. The lowest BCUT2D eigenvalue weighted by Crippen LogP contribution is -1.92. The molecule has 0 saturated heterocycles. The number of nitrogens with zero attached hydrogens (tertiary/aromatic N) is 5. The molecule has 0 spiro atoms. The number of furan rings is 1. The average molecular weight is 540 g/mol. The molecule has 0 N–H and O–H groups in total. The summed E-state index contributed by atoms with van der Waals surface area (Å²) in [6.07, 6.45) is 0. The highest BCUT2D eigenvalue weighted by molar-refractivity contribution is 7.20. The number of hydrogen-bond acceptors (Lipinski definition) is 6. The maximum absolute atomic E-state index is 6.41. The second kappa shape index (κ2) is 8.81. The van der Waals surface area contributed by atoms with Crippen LogP contribution in [0.5, 0.6) is 0 Å². The molecule has 3 aromatic carbocycles. The Morgan fingerprint density at radius 1 is 0.757 bits per heavy atom. The number of aromatic nitrogens is 5. The Kier molecular flexibility index (Phi) is 5.28. The Balaban J connectivity index is 1.36. The molecule has 4 heterocycles. The van der Waals surface area contributed by atoms with E-state index in [1.165, 1.54) is 11.3 Å². The van der Waals surface area contributed by atoms with Crippen molar-refractivity contribution in [3.63, 3.8) is 0 Å². The van der Waals surface area contributed by atoms with Crippen molar-refractivity contribution in [1.82, 2.24) is 24.8 Å². The SMILES string of the molecule is Clc1ccc(-c2ccc(-c3cc(-c4nn5c(-c6ccccc6)nnc5s4)c4ccccc4n3)o2)c(Cl)c1. The summed E-state index contributed by atoms with van der Waals surface area (Å²) in [4.78, 5) is 5.59. The fraction of sp³-hybridized carbons (Fsp3) is 0. The number of hydrogen-bond donors (Lipinski definition) is 0. The van der Waals surface area contributed by atoms with E-state index in [0.717, 1.165) is 32.6 Å². The van der Waals surface area contributed by atoms with Gasteiger partial charge in [-0.05, 0) is 42.5 Å². The minimum Gasteiger partial charge on any atom is -0.454 e. The molecule has 0 unspecified atom stereocenters. The molecule has 9 heteroatoms. The number of fused-ring (bicyclic) bond motifs is 2. The smallest absolute Gasteiger partial charge is 0.235 e. The van der Waals surface area contributed by atoms with Gasteiger partial charge in [-0.15, -0.1) is 10.2 Å². The zero-order chi connectivity index (χ0) is 24.9. The van der Waals surface area contributed by atoms with Crippen molar-refractivity contribution in [3.05, 3.63) is 101 Å². The summed E-state index contributed by atoms with van der Waals surface area (Å²) in [6, 6.07) is 29.0. The largest absolute Gasteiger partial charge is 0.454 e. The van der Waals surface area contributed by atoms with E-state index in [9.17, 15) is 0 Å². The highest BCUT2D eigenvalue weighted by Gasteiger charge is 2.19. The van der Waals surface area contributed by atoms with E-state index >= 15 is 0 Å². The molecule has 0 aliphatic carbocycles. The second-order valence-electron chi connectivity index (χ2n) is 8.35. The van der Waals surface area contributed by atoms with Crippen molar-refractivity contribution in [1.29, 1.82) is 0 Å². The first-order chi connectivity index (χ1) is 18.1. The van der Waals surface area contributed by atoms with Gasteiger partial charge >= 0.3 is 0 Å². The third-order valence-electron chi connectivity index (χ3n) is 6.02. The molecule has 0 amide bonds. The van der Waals surface area contributed by atoms with Gasteiger partial charge in [0.2, 0.25) is 4.96 Å². The van der Waals surface area contributed by atoms with E-state index in [0.29, 0.717) is 38.0 Å². The van der Waals surface area contributed by atoms with E-state index in [2.05, 4.69) is 10.2 Å². The van der Waals surface area contributed by atoms with Crippen LogP contribution >= 0.6 is 34.5 Å². The van der Waals surface area contributed by atoms with Crippen LogP contribution < -0.4 is 0 Å². The van der Waals surface area contributed by atoms with Crippen LogP contribution in [0.3, 0.4) is 0 Å². The summed E-state index contributed by atoms with van der Waals surface area (Å²) in [5.74, 6) is 1.97. The molecule has 0 fully saturated rings. The van der Waals surface area contributed by atoms with Gasteiger partial charge in [-0.25, -0.2) is 4.98 Å². The monoisotopic (exact) mass is 539 g/mol. The van der Waals surface area contributed by atoms with Gasteiger partial charge < -0.3 is 4.42 Å². The van der Waals surface area contributed by atoms with Crippen LogP contribution in [-0.4, -0.2) is 24.8 Å². The van der Waals surface area contributed by atoms with Crippen LogP contribution in [0.1, 0.15) is 0 Å². The zero-order valence-electron chi connectivity index (χ0n) is 19.0. The molecule has 4 aromatic heterocycles. The molecular formula is C28H15Cl2N5OS. The number of halogens is 2. The summed E-state index contributed by atoms with van der Waals surface area (Å²) in [6.45, 7) is 0. The average Bonchev–Trinajstić information content (AvgIpc) is 3.65. The van der Waals surface area contributed by atoms with Gasteiger partial charge in [0.1, 0.15) is 16.5 Å². The first-order valence-electron chi connectivity index (χ1n) is 11.4. The maximum atomic E-state index is 6.41. The fourth-order valence-corrected chi connectivity index (χ4v) is 5.65. The Bertz CT molecular complexity index is 1930. The number of benzene rings is 3. The third kappa shape index (κ3) is 3.88. The Morgan fingerprint density at radius 2 is 1.57 bits per heavy atom. The van der Waals surface area contributed by atoms with E-state index in [4.69, 9.17) is 37.7 Å². The predicted molar refractivity (Wildman–Crippen MR) is 148 cm³/mol. The van der Waals surface area contributed by atoms with Gasteiger partial charge in [0.15, 0.2) is 11.6 Å². The van der Waals surface area contributed by atoms with E-state index in [-0.39, 0.29) is 0 Å². The van der Waals surface area contributed by atoms with Gasteiger partial charge in [-0.3, -0.25) is 0 Å². The second-order valence-corrected chi connectivity index (χ2v) is 10.2. The molecule has 7 aromatic rings. The summed E-state index contributed by atoms with van der Waals surface area (Å²) >= 11 is 13.9. The molecular weight excluding hydrogens is 525 g/mol. The Labute approximate surface area is 224 Å². The van der Waals surface area contributed by atoms with E-state index in [1.807, 2.05) is 78.9 Å². The van der Waals surface area contributed by atoms with Crippen LogP contribution in [0.4, 0.5) is 0 Å². The number of pyridine rings is 1. The molecule has 0 bridgehead atoms. The van der Waals surface area contributed by atoms with Crippen LogP contribution in [0.25, 0.3) is 60.6 Å². The summed E-state index contributed by atoms with van der Waals surface area (Å²) in [5, 5.41) is 16.5. The minimum absolute atomic E-state index is 0.523. The van der Waals surface area contributed by atoms with E-state index in [1.54, 1.807) is 16.6 Å². The van der Waals surface area contributed by atoms with Gasteiger partial charge in [0.05, 0.1) is 10.5 Å². The van der Waals surface area contributed by atoms with Crippen LogP contribution in [0.2, 0.25) is 10.0 Å². The van der Waals surface area contributed by atoms with Crippen molar-refractivity contribution in [3.8, 4) is 44.7 Å². The Hall–Kier alpha value is -4.04. The third-order valence-corrected chi connectivity index (χ3v) is 7.50. The Morgan fingerprint density at radius 3 is 2.43 bits per heavy atom. The molecule has 0 aliphatic heterocycles. The van der Waals surface area contributed by atoms with E-state index < -0.39 is 0 Å². The van der Waals surface area contributed by atoms with Crippen molar-refractivity contribution >= 4 is 50.4 Å². The molecule has 7 rings (SSSR count). The molecule has 0 aliphatic rings. The topological polar surface area (TPSA) is 69.1 Å². The summed E-state index contributed by atoms with van der Waals surface area (Å²) < 4.78 is 7.99. The number of rotatable bonds is 4. The molecule has 0 radical (unpaired) electrons. The molecule has 0 atom stereocenters. The lowest BCUT2D eigenvalue weighted by Gasteiger charge is -2.07. The van der Waals surface area contributed by atoms with Crippen molar-refractivity contribution in [2.75, 3.05) is 0 Å². The highest BCUT2D eigenvalue weighted by atomic mass is 35.5. The quantitative estimate of drug-likeness (QED) is 0.225. The molecule has 0 saturated carbocycles. The maximum Gasteiger partial charge on any atom is 0.235 e. The first kappa shape index (κ1) is 22.2. The molecule has 37 heavy (non-hydrogen) atoms. The van der Waals surface area contributed by atoms with Crippen molar-refractivity contribution < 1.29 is 4.42 Å². The normalized spacial score (nSPS) is 11.5. The van der Waals surface area contributed by atoms with Crippen LogP contribution in [0.15, 0.2) is 95.4 Å². The zero-order valence-corrected chi connectivity index (χ0v) is 21.3. The fourth-order valence-electron chi connectivity index (χ4n) is 4.28. The lowest BCUT2D eigenvalue weighted by atomic mass is 10.1. The van der Waals surface area contributed by atoms with Crippen molar-refractivity contribution in [2.45, 2.75) is 0 Å². The molecule has 6 nitrogen and oxygen atoms in total. The van der Waals surface area contributed by atoms with Gasteiger partial charge in [0, 0.05) is 27.1 Å². The minimum atomic E-state index is 0.523. The first-order valence-corrected chi connectivity index (χ1v) is 12.9. The lowest BCUT2D eigenvalue weighted by molar-refractivity contribution is 0.595. The van der Waals surface area contributed by atoms with Crippen LogP contribution in [-0.2, 0) is 0 Å².